The molecule has 0 saturated heterocycles. The minimum absolute atomic E-state index is 0.724. The molecule has 0 aromatic heterocycles. The van der Waals surface area contributed by atoms with E-state index in [1.807, 2.05) is 13.8 Å². The molecule has 0 atom stereocenters. The van der Waals surface area contributed by atoms with E-state index in [1.165, 1.54) is 11.1 Å². The van der Waals surface area contributed by atoms with Gasteiger partial charge < -0.3 is 5.11 Å². The molecular formula is C13H20O. The predicted molar refractivity (Wildman–Crippen MR) is 60.4 cm³/mol. The summed E-state index contributed by atoms with van der Waals surface area (Å²) in [6.45, 7) is 7.98. The van der Waals surface area contributed by atoms with Crippen molar-refractivity contribution in [2.75, 3.05) is 0 Å². The molecule has 0 radical (unpaired) electrons. The third-order valence-electron chi connectivity index (χ3n) is 2.61. The van der Waals surface area contributed by atoms with E-state index in [0.717, 1.165) is 18.4 Å². The molecule has 0 aliphatic heterocycles. The van der Waals surface area contributed by atoms with E-state index in [4.69, 9.17) is 0 Å². The molecule has 0 bridgehead atoms. The Morgan fingerprint density at radius 3 is 1.79 bits per heavy atom. The fourth-order valence-corrected chi connectivity index (χ4v) is 2.03. The minimum atomic E-state index is -0.724. The Balaban J connectivity index is 3.34. The van der Waals surface area contributed by atoms with Crippen LogP contribution >= 0.6 is 0 Å². The standard InChI is InChI=1S/C13H20O/c1-5-10-8-7-9-11(6-2)12(10)13(3,4)14/h7-9,14H,5-6H2,1-4H3. The van der Waals surface area contributed by atoms with Gasteiger partial charge in [0.15, 0.2) is 0 Å². The number of aliphatic hydroxyl groups is 1. The van der Waals surface area contributed by atoms with Crippen molar-refractivity contribution < 1.29 is 5.11 Å². The van der Waals surface area contributed by atoms with Gasteiger partial charge in [-0.1, -0.05) is 32.0 Å². The zero-order valence-electron chi connectivity index (χ0n) is 9.59. The van der Waals surface area contributed by atoms with Gasteiger partial charge in [-0.2, -0.15) is 0 Å². The van der Waals surface area contributed by atoms with Gasteiger partial charge in [0, 0.05) is 0 Å². The van der Waals surface area contributed by atoms with Crippen molar-refractivity contribution in [2.24, 2.45) is 0 Å². The van der Waals surface area contributed by atoms with Gasteiger partial charge in [-0.3, -0.25) is 0 Å². The van der Waals surface area contributed by atoms with Gasteiger partial charge in [0.2, 0.25) is 0 Å². The van der Waals surface area contributed by atoms with Crippen molar-refractivity contribution in [2.45, 2.75) is 46.1 Å². The van der Waals surface area contributed by atoms with Crippen molar-refractivity contribution in [1.29, 1.82) is 0 Å². The highest BCUT2D eigenvalue weighted by Crippen LogP contribution is 2.28. The third-order valence-corrected chi connectivity index (χ3v) is 2.61. The molecule has 0 heterocycles. The van der Waals surface area contributed by atoms with E-state index in [-0.39, 0.29) is 0 Å². The van der Waals surface area contributed by atoms with Gasteiger partial charge in [0.25, 0.3) is 0 Å². The first kappa shape index (κ1) is 11.3. The summed E-state index contributed by atoms with van der Waals surface area (Å²) in [5.41, 5.74) is 2.91. The molecule has 0 aliphatic rings. The monoisotopic (exact) mass is 192 g/mol. The Labute approximate surface area is 86.8 Å². The third kappa shape index (κ3) is 2.16. The van der Waals surface area contributed by atoms with Crippen LogP contribution < -0.4 is 0 Å². The highest BCUT2D eigenvalue weighted by Gasteiger charge is 2.21. The molecule has 0 saturated carbocycles. The number of benzene rings is 1. The van der Waals surface area contributed by atoms with E-state index < -0.39 is 5.60 Å². The molecule has 14 heavy (non-hydrogen) atoms. The lowest BCUT2D eigenvalue weighted by Crippen LogP contribution is -2.20. The molecule has 0 spiro atoms. The van der Waals surface area contributed by atoms with E-state index in [1.54, 1.807) is 0 Å². The van der Waals surface area contributed by atoms with Gasteiger partial charge in [-0.05, 0) is 43.4 Å². The second-order valence-corrected chi connectivity index (χ2v) is 4.22. The summed E-state index contributed by atoms with van der Waals surface area (Å²) in [5, 5.41) is 10.1. The van der Waals surface area contributed by atoms with Crippen molar-refractivity contribution >= 4 is 0 Å². The number of hydrogen-bond donors (Lipinski definition) is 1. The van der Waals surface area contributed by atoms with E-state index in [9.17, 15) is 5.11 Å². The Morgan fingerprint density at radius 1 is 1.07 bits per heavy atom. The van der Waals surface area contributed by atoms with Crippen molar-refractivity contribution in [1.82, 2.24) is 0 Å². The van der Waals surface area contributed by atoms with E-state index >= 15 is 0 Å². The Bertz CT molecular complexity index is 285. The predicted octanol–water partition coefficient (Wildman–Crippen LogP) is 3.04. The Morgan fingerprint density at radius 2 is 1.50 bits per heavy atom. The molecule has 0 fully saturated rings. The first-order valence-corrected chi connectivity index (χ1v) is 5.34. The maximum atomic E-state index is 10.1. The highest BCUT2D eigenvalue weighted by atomic mass is 16.3. The molecule has 1 aromatic rings. The Kier molecular flexibility index (Phi) is 3.33. The molecule has 1 rings (SSSR count). The maximum Gasteiger partial charge on any atom is 0.0845 e. The average molecular weight is 192 g/mol. The molecule has 1 heteroatoms. The summed E-state index contributed by atoms with van der Waals surface area (Å²) >= 11 is 0. The molecule has 78 valence electrons. The summed E-state index contributed by atoms with van der Waals surface area (Å²) in [4.78, 5) is 0. The van der Waals surface area contributed by atoms with Crippen LogP contribution in [0.25, 0.3) is 0 Å². The zero-order chi connectivity index (χ0) is 10.8. The number of aryl methyl sites for hydroxylation is 2. The largest absolute Gasteiger partial charge is 0.386 e. The van der Waals surface area contributed by atoms with Crippen molar-refractivity contribution in [3.8, 4) is 0 Å². The van der Waals surface area contributed by atoms with Gasteiger partial charge in [-0.25, -0.2) is 0 Å². The van der Waals surface area contributed by atoms with Crippen LogP contribution in [0.1, 0.15) is 44.4 Å². The number of rotatable bonds is 3. The number of hydrogen-bond acceptors (Lipinski definition) is 1. The highest BCUT2D eigenvalue weighted by molar-refractivity contribution is 5.39. The van der Waals surface area contributed by atoms with Crippen LogP contribution in [0.4, 0.5) is 0 Å². The van der Waals surface area contributed by atoms with Gasteiger partial charge in [0.1, 0.15) is 0 Å². The van der Waals surface area contributed by atoms with E-state index in [0.29, 0.717) is 0 Å². The lowest BCUT2D eigenvalue weighted by molar-refractivity contribution is 0.0767. The van der Waals surface area contributed by atoms with Crippen LogP contribution in [0.5, 0.6) is 0 Å². The summed E-state index contributed by atoms with van der Waals surface area (Å²) in [7, 11) is 0. The van der Waals surface area contributed by atoms with Crippen molar-refractivity contribution in [3.05, 3.63) is 34.9 Å². The summed E-state index contributed by atoms with van der Waals surface area (Å²) in [5.74, 6) is 0. The Hall–Kier alpha value is -0.820. The van der Waals surface area contributed by atoms with Crippen molar-refractivity contribution in [3.63, 3.8) is 0 Å². The average Bonchev–Trinajstić information content (AvgIpc) is 2.15. The van der Waals surface area contributed by atoms with Crippen LogP contribution in [0.3, 0.4) is 0 Å². The van der Waals surface area contributed by atoms with Gasteiger partial charge in [0.05, 0.1) is 5.60 Å². The first-order chi connectivity index (χ1) is 6.50. The topological polar surface area (TPSA) is 20.2 Å². The molecule has 0 aliphatic carbocycles. The summed E-state index contributed by atoms with van der Waals surface area (Å²) < 4.78 is 0. The second kappa shape index (κ2) is 4.14. The molecule has 0 amide bonds. The quantitative estimate of drug-likeness (QED) is 0.780. The first-order valence-electron chi connectivity index (χ1n) is 5.34. The molecule has 1 aromatic carbocycles. The molecule has 1 nitrogen and oxygen atoms in total. The summed E-state index contributed by atoms with van der Waals surface area (Å²) in [6.07, 6.45) is 1.96. The fourth-order valence-electron chi connectivity index (χ4n) is 2.03. The van der Waals surface area contributed by atoms with Crippen LogP contribution in [-0.4, -0.2) is 5.11 Å². The smallest absolute Gasteiger partial charge is 0.0845 e. The lowest BCUT2D eigenvalue weighted by atomic mass is 9.87. The molecular weight excluding hydrogens is 172 g/mol. The zero-order valence-corrected chi connectivity index (χ0v) is 9.59. The van der Waals surface area contributed by atoms with Crippen LogP contribution in [0.15, 0.2) is 18.2 Å². The van der Waals surface area contributed by atoms with Gasteiger partial charge >= 0.3 is 0 Å². The van der Waals surface area contributed by atoms with Crippen LogP contribution in [-0.2, 0) is 18.4 Å². The normalized spacial score (nSPS) is 11.8. The summed E-state index contributed by atoms with van der Waals surface area (Å²) in [6, 6.07) is 6.28. The molecule has 1 N–H and O–H groups in total. The fraction of sp³-hybridized carbons (Fsp3) is 0.538. The van der Waals surface area contributed by atoms with Gasteiger partial charge in [-0.15, -0.1) is 0 Å². The minimum Gasteiger partial charge on any atom is -0.386 e. The van der Waals surface area contributed by atoms with Crippen LogP contribution in [0.2, 0.25) is 0 Å². The maximum absolute atomic E-state index is 10.1. The lowest BCUT2D eigenvalue weighted by Gasteiger charge is -2.24. The molecule has 0 unspecified atom stereocenters. The second-order valence-electron chi connectivity index (χ2n) is 4.22. The van der Waals surface area contributed by atoms with Crippen LogP contribution in [0, 0.1) is 0 Å². The SMILES string of the molecule is CCc1cccc(CC)c1C(C)(C)O. The van der Waals surface area contributed by atoms with E-state index in [2.05, 4.69) is 32.0 Å².